The highest BCUT2D eigenvalue weighted by atomic mass is 19.1. The fraction of sp³-hybridized carbons (Fsp3) is 0.0500. The van der Waals surface area contributed by atoms with Gasteiger partial charge in [-0.2, -0.15) is 0 Å². The number of benzene rings is 2. The van der Waals surface area contributed by atoms with Gasteiger partial charge >= 0.3 is 6.09 Å². The number of anilines is 4. The number of amides is 2. The summed E-state index contributed by atoms with van der Waals surface area (Å²) in [4.78, 5) is 29.5. The molecule has 3 aromatic rings. The number of hydrogen-bond acceptors (Lipinski definition) is 4. The molecule has 0 saturated carbocycles. The number of para-hydroxylation sites is 1. The summed E-state index contributed by atoms with van der Waals surface area (Å²) in [5, 5.41) is 14.1. The fourth-order valence-corrected chi connectivity index (χ4v) is 2.55. The Kier molecular flexibility index (Phi) is 5.50. The third-order valence-corrected chi connectivity index (χ3v) is 3.84. The second kappa shape index (κ2) is 8.17. The maximum atomic E-state index is 13.4. The smallest absolute Gasteiger partial charge is 0.409 e. The molecule has 0 saturated heterocycles. The van der Waals surface area contributed by atoms with E-state index in [1.165, 1.54) is 35.2 Å². The first-order valence-corrected chi connectivity index (χ1v) is 8.30. The quantitative estimate of drug-likeness (QED) is 0.612. The second-order valence-electron chi connectivity index (χ2n) is 5.89. The molecular formula is C20H17FN4O3. The van der Waals surface area contributed by atoms with Crippen molar-refractivity contribution in [2.45, 2.75) is 0 Å². The molecule has 0 fully saturated rings. The van der Waals surface area contributed by atoms with Gasteiger partial charge in [0.15, 0.2) is 0 Å². The van der Waals surface area contributed by atoms with Crippen molar-refractivity contribution in [2.75, 3.05) is 22.6 Å². The molecule has 7 nitrogen and oxygen atoms in total. The number of pyridine rings is 1. The fourth-order valence-electron chi connectivity index (χ4n) is 2.55. The van der Waals surface area contributed by atoms with E-state index in [0.717, 1.165) is 0 Å². The highest BCUT2D eigenvalue weighted by Gasteiger charge is 2.17. The van der Waals surface area contributed by atoms with Crippen molar-refractivity contribution in [3.05, 3.63) is 78.2 Å². The molecule has 0 spiro atoms. The number of halogens is 1. The molecule has 1 heterocycles. The van der Waals surface area contributed by atoms with Crippen LogP contribution >= 0.6 is 0 Å². The predicted molar refractivity (Wildman–Crippen MR) is 105 cm³/mol. The van der Waals surface area contributed by atoms with Gasteiger partial charge in [-0.05, 0) is 36.4 Å². The Labute approximate surface area is 160 Å². The van der Waals surface area contributed by atoms with Crippen molar-refractivity contribution in [1.29, 1.82) is 0 Å². The van der Waals surface area contributed by atoms with Crippen LogP contribution in [-0.2, 0) is 0 Å². The maximum Gasteiger partial charge on any atom is 0.409 e. The molecule has 142 valence electrons. The van der Waals surface area contributed by atoms with Gasteiger partial charge in [-0.3, -0.25) is 10.1 Å². The van der Waals surface area contributed by atoms with E-state index in [2.05, 4.69) is 15.6 Å². The van der Waals surface area contributed by atoms with Crippen molar-refractivity contribution < 1.29 is 19.1 Å². The number of carboxylic acid groups (broad SMARTS) is 1. The largest absolute Gasteiger partial charge is 0.465 e. The van der Waals surface area contributed by atoms with Gasteiger partial charge in [0.05, 0.1) is 5.69 Å². The summed E-state index contributed by atoms with van der Waals surface area (Å²) in [6.45, 7) is 0. The molecule has 2 aromatic carbocycles. The zero-order valence-corrected chi connectivity index (χ0v) is 14.9. The van der Waals surface area contributed by atoms with Crippen LogP contribution < -0.4 is 15.5 Å². The number of carbonyl (C=O) groups is 2. The zero-order chi connectivity index (χ0) is 20.1. The molecule has 0 atom stereocenters. The van der Waals surface area contributed by atoms with Gasteiger partial charge in [0.2, 0.25) is 0 Å². The van der Waals surface area contributed by atoms with E-state index in [-0.39, 0.29) is 17.2 Å². The van der Waals surface area contributed by atoms with Gasteiger partial charge in [0, 0.05) is 24.5 Å². The van der Waals surface area contributed by atoms with E-state index < -0.39 is 17.8 Å². The molecule has 8 heteroatoms. The first kappa shape index (κ1) is 18.8. The van der Waals surface area contributed by atoms with Crippen LogP contribution in [0.1, 0.15) is 10.5 Å². The number of aromatic nitrogens is 1. The molecule has 0 radical (unpaired) electrons. The topological polar surface area (TPSA) is 94.6 Å². The molecule has 3 rings (SSSR count). The lowest BCUT2D eigenvalue weighted by Gasteiger charge is -2.18. The van der Waals surface area contributed by atoms with Crippen molar-refractivity contribution >= 4 is 34.9 Å². The number of rotatable bonds is 5. The Hall–Kier alpha value is -3.94. The van der Waals surface area contributed by atoms with Gasteiger partial charge in [-0.15, -0.1) is 0 Å². The number of hydrogen-bond donors (Lipinski definition) is 3. The van der Waals surface area contributed by atoms with Crippen LogP contribution in [0.2, 0.25) is 0 Å². The minimum absolute atomic E-state index is 0.0245. The first-order valence-electron chi connectivity index (χ1n) is 8.30. The average molecular weight is 380 g/mol. The molecule has 28 heavy (non-hydrogen) atoms. The Bertz CT molecular complexity index is 1010. The summed E-state index contributed by atoms with van der Waals surface area (Å²) in [5.74, 6) is -0.672. The summed E-state index contributed by atoms with van der Waals surface area (Å²) in [5.41, 5.74) is 1.25. The Morgan fingerprint density at radius 1 is 1.00 bits per heavy atom. The van der Waals surface area contributed by atoms with Gasteiger partial charge in [-0.25, -0.2) is 14.2 Å². The molecule has 0 aliphatic heterocycles. The number of carbonyl (C=O) groups excluding carboxylic acids is 1. The standard InChI is InChI=1S/C20H17FN4O3/c1-25(16-8-3-2-4-9-16)19(26)17-11-15(23-20(27)28)12-18(24-17)22-14-7-5-6-13(21)10-14/h2-12H,1H3,(H,27,28)(H2,22,23,24). The highest BCUT2D eigenvalue weighted by molar-refractivity contribution is 6.05. The Morgan fingerprint density at radius 3 is 2.43 bits per heavy atom. The van der Waals surface area contributed by atoms with E-state index in [4.69, 9.17) is 5.11 Å². The van der Waals surface area contributed by atoms with Crippen LogP contribution in [0.4, 0.5) is 32.1 Å². The third-order valence-electron chi connectivity index (χ3n) is 3.84. The molecule has 2 amide bonds. The summed E-state index contributed by atoms with van der Waals surface area (Å²) < 4.78 is 13.4. The second-order valence-corrected chi connectivity index (χ2v) is 5.89. The Morgan fingerprint density at radius 2 is 1.75 bits per heavy atom. The molecule has 0 unspecified atom stereocenters. The van der Waals surface area contributed by atoms with Crippen molar-refractivity contribution in [1.82, 2.24) is 4.98 Å². The molecular weight excluding hydrogens is 363 g/mol. The minimum Gasteiger partial charge on any atom is -0.465 e. The zero-order valence-electron chi connectivity index (χ0n) is 14.9. The van der Waals surface area contributed by atoms with Crippen LogP contribution in [0.25, 0.3) is 0 Å². The van der Waals surface area contributed by atoms with Crippen molar-refractivity contribution in [3.8, 4) is 0 Å². The first-order chi connectivity index (χ1) is 13.4. The normalized spacial score (nSPS) is 10.2. The minimum atomic E-state index is -1.28. The van der Waals surface area contributed by atoms with E-state index >= 15 is 0 Å². The van der Waals surface area contributed by atoms with Crippen molar-refractivity contribution in [2.24, 2.45) is 0 Å². The lowest BCUT2D eigenvalue weighted by atomic mass is 10.2. The summed E-state index contributed by atoms with van der Waals surface area (Å²) in [7, 11) is 1.59. The lowest BCUT2D eigenvalue weighted by molar-refractivity contribution is 0.0988. The monoisotopic (exact) mass is 380 g/mol. The predicted octanol–water partition coefficient (Wildman–Crippen LogP) is 4.33. The van der Waals surface area contributed by atoms with Gasteiger partial charge < -0.3 is 15.3 Å². The summed E-state index contributed by atoms with van der Waals surface area (Å²) in [6, 6.07) is 17.4. The van der Waals surface area contributed by atoms with E-state index in [9.17, 15) is 14.0 Å². The van der Waals surface area contributed by atoms with E-state index in [1.54, 1.807) is 37.4 Å². The molecule has 3 N–H and O–H groups in total. The highest BCUT2D eigenvalue weighted by Crippen LogP contribution is 2.22. The molecule has 0 aliphatic carbocycles. The SMILES string of the molecule is CN(C(=O)c1cc(NC(=O)O)cc(Nc2cccc(F)c2)n1)c1ccccc1. The summed E-state index contributed by atoms with van der Waals surface area (Å²) in [6.07, 6.45) is -1.28. The number of nitrogens with one attached hydrogen (secondary N) is 2. The summed E-state index contributed by atoms with van der Waals surface area (Å²) >= 11 is 0. The molecule has 0 bridgehead atoms. The molecule has 0 aliphatic rings. The Balaban J connectivity index is 1.95. The van der Waals surface area contributed by atoms with Crippen LogP contribution in [-0.4, -0.2) is 29.1 Å². The van der Waals surface area contributed by atoms with Gasteiger partial charge in [0.25, 0.3) is 5.91 Å². The molecule has 1 aromatic heterocycles. The number of nitrogens with zero attached hydrogens (tertiary/aromatic N) is 2. The van der Waals surface area contributed by atoms with Crippen LogP contribution in [0.5, 0.6) is 0 Å². The van der Waals surface area contributed by atoms with Crippen LogP contribution in [0, 0.1) is 5.82 Å². The third kappa shape index (κ3) is 4.61. The van der Waals surface area contributed by atoms with Crippen molar-refractivity contribution in [3.63, 3.8) is 0 Å². The van der Waals surface area contributed by atoms with E-state index in [0.29, 0.717) is 11.4 Å². The van der Waals surface area contributed by atoms with Gasteiger partial charge in [-0.1, -0.05) is 24.3 Å². The van der Waals surface area contributed by atoms with E-state index in [1.807, 2.05) is 6.07 Å². The maximum absolute atomic E-state index is 13.4. The van der Waals surface area contributed by atoms with Gasteiger partial charge in [0.1, 0.15) is 17.3 Å². The average Bonchev–Trinajstić information content (AvgIpc) is 2.67. The van der Waals surface area contributed by atoms with Crippen LogP contribution in [0.15, 0.2) is 66.7 Å². The lowest BCUT2D eigenvalue weighted by Crippen LogP contribution is -2.27. The van der Waals surface area contributed by atoms with Crippen LogP contribution in [0.3, 0.4) is 0 Å².